The maximum Gasteiger partial charge on any atom is 0.0600 e. The summed E-state index contributed by atoms with van der Waals surface area (Å²) in [5.74, 6) is 0.970. The molecule has 0 aromatic rings. The van der Waals surface area contributed by atoms with Crippen LogP contribution in [-0.4, -0.2) is 22.9 Å². The van der Waals surface area contributed by atoms with Crippen molar-refractivity contribution in [2.24, 2.45) is 17.3 Å². The van der Waals surface area contributed by atoms with Crippen molar-refractivity contribution in [2.75, 3.05) is 6.61 Å². The topological polar surface area (TPSA) is 40.5 Å². The maximum atomic E-state index is 9.67. The van der Waals surface area contributed by atoms with Crippen LogP contribution in [-0.2, 0) is 0 Å². The summed E-state index contributed by atoms with van der Waals surface area (Å²) in [6.45, 7) is 2.38. The zero-order valence-electron chi connectivity index (χ0n) is 6.95. The zero-order chi connectivity index (χ0) is 8.06. The van der Waals surface area contributed by atoms with E-state index in [1.165, 1.54) is 6.42 Å². The van der Waals surface area contributed by atoms with Gasteiger partial charge in [-0.2, -0.15) is 0 Å². The third kappa shape index (κ3) is 0.798. The van der Waals surface area contributed by atoms with Crippen LogP contribution in [0, 0.1) is 17.3 Å². The Balaban J connectivity index is 2.24. The molecule has 0 aromatic carbocycles. The first-order chi connectivity index (χ1) is 5.18. The van der Waals surface area contributed by atoms with Crippen LogP contribution in [0.5, 0.6) is 0 Å². The summed E-state index contributed by atoms with van der Waals surface area (Å²) >= 11 is 0. The van der Waals surface area contributed by atoms with Crippen LogP contribution in [0.1, 0.15) is 26.2 Å². The molecule has 2 heteroatoms. The van der Waals surface area contributed by atoms with E-state index in [2.05, 4.69) is 6.92 Å². The fourth-order valence-corrected chi connectivity index (χ4v) is 3.03. The molecule has 0 heterocycles. The largest absolute Gasteiger partial charge is 0.396 e. The normalized spacial score (nSPS) is 55.4. The van der Waals surface area contributed by atoms with Crippen LogP contribution in [0.15, 0.2) is 0 Å². The highest BCUT2D eigenvalue weighted by Gasteiger charge is 2.55. The fraction of sp³-hybridized carbons (Fsp3) is 1.00. The number of aliphatic hydroxyl groups excluding tert-OH is 2. The van der Waals surface area contributed by atoms with Gasteiger partial charge >= 0.3 is 0 Å². The van der Waals surface area contributed by atoms with E-state index in [0.29, 0.717) is 11.8 Å². The zero-order valence-corrected chi connectivity index (χ0v) is 6.95. The molecular weight excluding hydrogens is 140 g/mol. The molecule has 2 rings (SSSR count). The van der Waals surface area contributed by atoms with Gasteiger partial charge in [-0.15, -0.1) is 0 Å². The van der Waals surface area contributed by atoms with Crippen molar-refractivity contribution in [2.45, 2.75) is 32.3 Å². The van der Waals surface area contributed by atoms with E-state index in [-0.39, 0.29) is 18.1 Å². The molecule has 2 nitrogen and oxygen atoms in total. The molecule has 2 saturated carbocycles. The fourth-order valence-electron chi connectivity index (χ4n) is 3.03. The van der Waals surface area contributed by atoms with Crippen molar-refractivity contribution in [3.63, 3.8) is 0 Å². The van der Waals surface area contributed by atoms with Crippen LogP contribution < -0.4 is 0 Å². The van der Waals surface area contributed by atoms with Gasteiger partial charge < -0.3 is 10.2 Å². The summed E-state index contributed by atoms with van der Waals surface area (Å²) in [4.78, 5) is 0. The van der Waals surface area contributed by atoms with E-state index < -0.39 is 0 Å². The minimum absolute atomic E-state index is 0.0411. The lowest BCUT2D eigenvalue weighted by molar-refractivity contribution is 0.0243. The van der Waals surface area contributed by atoms with Gasteiger partial charge in [0, 0.05) is 6.61 Å². The summed E-state index contributed by atoms with van der Waals surface area (Å²) in [6.07, 6.45) is 3.07. The number of rotatable bonds is 1. The molecule has 0 saturated heterocycles. The molecule has 2 fully saturated rings. The predicted octanol–water partition coefficient (Wildman–Crippen LogP) is 0.776. The highest BCUT2D eigenvalue weighted by molar-refractivity contribution is 5.04. The SMILES string of the molecule is C[C@@]12CC[C@@H](C[C@H]1O)[C@@H]2CO. The van der Waals surface area contributed by atoms with E-state index >= 15 is 0 Å². The smallest absolute Gasteiger partial charge is 0.0600 e. The van der Waals surface area contributed by atoms with Gasteiger partial charge in [0.05, 0.1) is 6.10 Å². The second-order valence-electron chi connectivity index (χ2n) is 4.35. The monoisotopic (exact) mass is 156 g/mol. The lowest BCUT2D eigenvalue weighted by atomic mass is 9.79. The molecule has 2 bridgehead atoms. The quantitative estimate of drug-likeness (QED) is 0.589. The van der Waals surface area contributed by atoms with Crippen LogP contribution in [0.25, 0.3) is 0 Å². The Hall–Kier alpha value is -0.0800. The summed E-state index contributed by atoms with van der Waals surface area (Å²) < 4.78 is 0. The molecule has 0 aliphatic heterocycles. The Labute approximate surface area is 67.2 Å². The Bertz CT molecular complexity index is 169. The van der Waals surface area contributed by atoms with Crippen LogP contribution in [0.2, 0.25) is 0 Å². The molecule has 4 atom stereocenters. The first-order valence-electron chi connectivity index (χ1n) is 4.47. The van der Waals surface area contributed by atoms with Crippen molar-refractivity contribution in [1.82, 2.24) is 0 Å². The highest BCUT2D eigenvalue weighted by Crippen LogP contribution is 2.57. The second kappa shape index (κ2) is 2.20. The molecule has 0 spiro atoms. The summed E-state index contributed by atoms with van der Waals surface area (Å²) in [6, 6.07) is 0. The first-order valence-corrected chi connectivity index (χ1v) is 4.47. The lowest BCUT2D eigenvalue weighted by Crippen LogP contribution is -2.31. The average molecular weight is 156 g/mol. The molecule has 0 unspecified atom stereocenters. The molecule has 64 valence electrons. The molecule has 2 aliphatic rings. The Kier molecular flexibility index (Phi) is 1.52. The highest BCUT2D eigenvalue weighted by atomic mass is 16.3. The summed E-state index contributed by atoms with van der Waals surface area (Å²) in [5.41, 5.74) is 0.0411. The molecule has 2 N–H and O–H groups in total. The van der Waals surface area contributed by atoms with Gasteiger partial charge in [-0.05, 0) is 36.5 Å². The van der Waals surface area contributed by atoms with Crippen LogP contribution in [0.3, 0.4) is 0 Å². The van der Waals surface area contributed by atoms with Crippen molar-refractivity contribution in [1.29, 1.82) is 0 Å². The van der Waals surface area contributed by atoms with E-state index in [0.717, 1.165) is 12.8 Å². The van der Waals surface area contributed by atoms with Crippen LogP contribution >= 0.6 is 0 Å². The van der Waals surface area contributed by atoms with E-state index in [1.807, 2.05) is 0 Å². The van der Waals surface area contributed by atoms with E-state index in [9.17, 15) is 5.11 Å². The standard InChI is InChI=1S/C9H16O2/c1-9-3-2-6(4-8(9)11)7(9)5-10/h6-8,10-11H,2-5H2,1H3/t6-,7-,8+,9-/m0/s1. The summed E-state index contributed by atoms with van der Waals surface area (Å²) in [5, 5.41) is 18.8. The second-order valence-corrected chi connectivity index (χ2v) is 4.35. The van der Waals surface area contributed by atoms with E-state index in [4.69, 9.17) is 5.11 Å². The number of aliphatic hydroxyl groups is 2. The molecule has 11 heavy (non-hydrogen) atoms. The van der Waals surface area contributed by atoms with Crippen molar-refractivity contribution >= 4 is 0 Å². The third-order valence-corrected chi connectivity index (χ3v) is 3.95. The van der Waals surface area contributed by atoms with E-state index in [1.54, 1.807) is 0 Å². The molecule has 0 aromatic heterocycles. The van der Waals surface area contributed by atoms with Gasteiger partial charge in [-0.25, -0.2) is 0 Å². The Morgan fingerprint density at radius 3 is 2.55 bits per heavy atom. The Morgan fingerprint density at radius 1 is 1.55 bits per heavy atom. The average Bonchev–Trinajstić information content (AvgIpc) is 2.38. The Morgan fingerprint density at radius 2 is 2.27 bits per heavy atom. The van der Waals surface area contributed by atoms with Gasteiger partial charge in [-0.3, -0.25) is 0 Å². The minimum atomic E-state index is -0.154. The van der Waals surface area contributed by atoms with Gasteiger partial charge in [0.25, 0.3) is 0 Å². The molecule has 0 radical (unpaired) electrons. The lowest BCUT2D eigenvalue weighted by Gasteiger charge is -2.29. The van der Waals surface area contributed by atoms with Gasteiger partial charge in [0.2, 0.25) is 0 Å². The van der Waals surface area contributed by atoms with Gasteiger partial charge in [0.1, 0.15) is 0 Å². The minimum Gasteiger partial charge on any atom is -0.396 e. The third-order valence-electron chi connectivity index (χ3n) is 3.95. The van der Waals surface area contributed by atoms with Crippen molar-refractivity contribution in [3.05, 3.63) is 0 Å². The van der Waals surface area contributed by atoms with Crippen molar-refractivity contribution in [3.8, 4) is 0 Å². The maximum absolute atomic E-state index is 9.67. The van der Waals surface area contributed by atoms with Crippen LogP contribution in [0.4, 0.5) is 0 Å². The predicted molar refractivity (Wildman–Crippen MR) is 42.0 cm³/mol. The molecule has 0 amide bonds. The number of hydrogen-bond donors (Lipinski definition) is 2. The molecular formula is C9H16O2. The van der Waals surface area contributed by atoms with Gasteiger partial charge in [0.15, 0.2) is 0 Å². The van der Waals surface area contributed by atoms with Gasteiger partial charge in [-0.1, -0.05) is 6.92 Å². The summed E-state index contributed by atoms with van der Waals surface area (Å²) in [7, 11) is 0. The van der Waals surface area contributed by atoms with Crippen molar-refractivity contribution < 1.29 is 10.2 Å². The number of hydrogen-bond acceptors (Lipinski definition) is 2. The molecule has 2 aliphatic carbocycles. The number of fused-ring (bicyclic) bond motifs is 2. The first kappa shape index (κ1) is 7.56.